The summed E-state index contributed by atoms with van der Waals surface area (Å²) < 4.78 is 7.14. The van der Waals surface area contributed by atoms with Crippen molar-refractivity contribution >= 4 is 26.7 Å². The summed E-state index contributed by atoms with van der Waals surface area (Å²) in [4.78, 5) is 12.5. The van der Waals surface area contributed by atoms with Crippen molar-refractivity contribution in [3.8, 4) is 11.4 Å². The van der Waals surface area contributed by atoms with Crippen LogP contribution in [0.2, 0.25) is 0 Å². The smallest absolute Gasteiger partial charge is 0.279 e. The Bertz CT molecular complexity index is 825. The van der Waals surface area contributed by atoms with Gasteiger partial charge in [-0.05, 0) is 46.3 Å². The van der Waals surface area contributed by atoms with Gasteiger partial charge in [-0.25, -0.2) is 0 Å². The van der Waals surface area contributed by atoms with Crippen LogP contribution in [0, 0.1) is 0 Å². The van der Waals surface area contributed by atoms with E-state index < -0.39 is 0 Å². The van der Waals surface area contributed by atoms with Crippen LogP contribution >= 0.6 is 15.9 Å². The second kappa shape index (κ2) is 5.09. The average Bonchev–Trinajstić information content (AvgIpc) is 2.51. The molecule has 0 fully saturated rings. The molecule has 0 atom stereocenters. The zero-order valence-electron chi connectivity index (χ0n) is 10.7. The van der Waals surface area contributed by atoms with Crippen molar-refractivity contribution < 1.29 is 4.74 Å². The first kappa shape index (κ1) is 12.9. The van der Waals surface area contributed by atoms with Crippen molar-refractivity contribution in [1.29, 1.82) is 0 Å². The summed E-state index contributed by atoms with van der Waals surface area (Å²) in [6.45, 7) is 0. The van der Waals surface area contributed by atoms with E-state index in [1.165, 1.54) is 4.68 Å². The minimum Gasteiger partial charge on any atom is -0.497 e. The Morgan fingerprint density at radius 3 is 2.35 bits per heavy atom. The number of fused-ring (bicyclic) bond motifs is 1. The Morgan fingerprint density at radius 2 is 1.70 bits per heavy atom. The maximum Gasteiger partial charge on any atom is 0.279 e. The van der Waals surface area contributed by atoms with Gasteiger partial charge in [0.25, 0.3) is 5.56 Å². The number of rotatable bonds is 2. The highest BCUT2D eigenvalue weighted by Crippen LogP contribution is 2.20. The van der Waals surface area contributed by atoms with E-state index in [0.717, 1.165) is 11.1 Å². The van der Waals surface area contributed by atoms with Crippen molar-refractivity contribution in [1.82, 2.24) is 9.78 Å². The van der Waals surface area contributed by atoms with Gasteiger partial charge in [-0.2, -0.15) is 9.78 Å². The van der Waals surface area contributed by atoms with Crippen molar-refractivity contribution in [3.05, 3.63) is 63.5 Å². The Kier molecular flexibility index (Phi) is 3.28. The molecular weight excluding hydrogens is 320 g/mol. The summed E-state index contributed by atoms with van der Waals surface area (Å²) in [6, 6.07) is 14.6. The van der Waals surface area contributed by atoms with Gasteiger partial charge >= 0.3 is 0 Å². The second-order valence-electron chi connectivity index (χ2n) is 4.25. The van der Waals surface area contributed by atoms with E-state index in [1.54, 1.807) is 37.4 Å². The van der Waals surface area contributed by atoms with E-state index in [0.29, 0.717) is 15.7 Å². The summed E-state index contributed by atoms with van der Waals surface area (Å²) >= 11 is 3.41. The van der Waals surface area contributed by atoms with Crippen molar-refractivity contribution in [2.75, 3.05) is 7.11 Å². The number of benzene rings is 2. The molecule has 20 heavy (non-hydrogen) atoms. The molecule has 1 heterocycles. The van der Waals surface area contributed by atoms with E-state index in [4.69, 9.17) is 4.74 Å². The molecule has 0 spiro atoms. The number of ether oxygens (including phenoxy) is 1. The lowest BCUT2D eigenvalue weighted by Gasteiger charge is -2.08. The highest BCUT2D eigenvalue weighted by Gasteiger charge is 2.09. The molecule has 0 aliphatic rings. The van der Waals surface area contributed by atoms with Crippen LogP contribution in [0.15, 0.2) is 57.9 Å². The zero-order chi connectivity index (χ0) is 14.1. The van der Waals surface area contributed by atoms with E-state index >= 15 is 0 Å². The van der Waals surface area contributed by atoms with Gasteiger partial charge in [-0.3, -0.25) is 4.79 Å². The summed E-state index contributed by atoms with van der Waals surface area (Å²) in [7, 11) is 1.60. The molecule has 0 bridgehead atoms. The molecule has 1 aromatic heterocycles. The molecular formula is C15H11BrN2O2. The van der Waals surface area contributed by atoms with Crippen molar-refractivity contribution in [3.63, 3.8) is 0 Å². The largest absolute Gasteiger partial charge is 0.497 e. The van der Waals surface area contributed by atoms with Gasteiger partial charge in [0.15, 0.2) is 0 Å². The molecule has 0 radical (unpaired) electrons. The third kappa shape index (κ3) is 2.10. The third-order valence-electron chi connectivity index (χ3n) is 3.08. The van der Waals surface area contributed by atoms with Gasteiger partial charge in [0.05, 0.1) is 18.2 Å². The second-order valence-corrected chi connectivity index (χ2v) is 5.00. The summed E-state index contributed by atoms with van der Waals surface area (Å²) in [5, 5.41) is 5.74. The summed E-state index contributed by atoms with van der Waals surface area (Å²) in [5.74, 6) is 0.738. The molecule has 0 saturated carbocycles. The van der Waals surface area contributed by atoms with Crippen LogP contribution in [0.25, 0.3) is 16.5 Å². The van der Waals surface area contributed by atoms with Gasteiger partial charge in [-0.1, -0.05) is 18.2 Å². The van der Waals surface area contributed by atoms with Crippen LogP contribution in [-0.2, 0) is 0 Å². The Labute approximate surface area is 123 Å². The predicted molar refractivity (Wildman–Crippen MR) is 81.6 cm³/mol. The van der Waals surface area contributed by atoms with Gasteiger partial charge in [0, 0.05) is 5.39 Å². The van der Waals surface area contributed by atoms with Crippen LogP contribution < -0.4 is 10.3 Å². The number of halogens is 1. The number of hydrogen-bond donors (Lipinski definition) is 0. The third-order valence-corrected chi connectivity index (χ3v) is 3.66. The topological polar surface area (TPSA) is 44.1 Å². The Morgan fingerprint density at radius 1 is 1.05 bits per heavy atom. The first-order valence-electron chi connectivity index (χ1n) is 6.03. The molecule has 0 saturated heterocycles. The lowest BCUT2D eigenvalue weighted by molar-refractivity contribution is 0.414. The number of aromatic nitrogens is 2. The lowest BCUT2D eigenvalue weighted by atomic mass is 10.2. The van der Waals surface area contributed by atoms with E-state index in [1.807, 2.05) is 18.2 Å². The lowest BCUT2D eigenvalue weighted by Crippen LogP contribution is -2.21. The monoisotopic (exact) mass is 330 g/mol. The first-order valence-corrected chi connectivity index (χ1v) is 6.82. The van der Waals surface area contributed by atoms with Crippen LogP contribution in [0.4, 0.5) is 0 Å². The number of methoxy groups -OCH3 is 1. The van der Waals surface area contributed by atoms with Crippen LogP contribution in [0.3, 0.4) is 0 Å². The molecule has 0 unspecified atom stereocenters. The van der Waals surface area contributed by atoms with Gasteiger partial charge < -0.3 is 4.74 Å². The van der Waals surface area contributed by atoms with Gasteiger partial charge in [0.2, 0.25) is 0 Å². The molecule has 0 aliphatic heterocycles. The Balaban J connectivity index is 2.25. The zero-order valence-corrected chi connectivity index (χ0v) is 12.3. The van der Waals surface area contributed by atoms with E-state index in [2.05, 4.69) is 21.0 Å². The molecule has 4 nitrogen and oxygen atoms in total. The highest BCUT2D eigenvalue weighted by molar-refractivity contribution is 9.10. The SMILES string of the molecule is COc1ccc(-n2nc(Br)c3ccccc3c2=O)cc1. The van der Waals surface area contributed by atoms with Crippen LogP contribution in [-0.4, -0.2) is 16.9 Å². The van der Waals surface area contributed by atoms with E-state index in [-0.39, 0.29) is 5.56 Å². The predicted octanol–water partition coefficient (Wildman–Crippen LogP) is 3.16. The molecule has 0 amide bonds. The molecule has 3 aromatic rings. The van der Waals surface area contributed by atoms with Gasteiger partial charge in [0.1, 0.15) is 10.4 Å². The van der Waals surface area contributed by atoms with E-state index in [9.17, 15) is 4.79 Å². The molecule has 2 aromatic carbocycles. The highest BCUT2D eigenvalue weighted by atomic mass is 79.9. The average molecular weight is 331 g/mol. The number of nitrogens with zero attached hydrogens (tertiary/aromatic N) is 2. The first-order chi connectivity index (χ1) is 9.70. The summed E-state index contributed by atoms with van der Waals surface area (Å²) in [5.41, 5.74) is 0.552. The van der Waals surface area contributed by atoms with Crippen LogP contribution in [0.5, 0.6) is 5.75 Å². The molecule has 5 heteroatoms. The molecule has 3 rings (SSSR count). The quantitative estimate of drug-likeness (QED) is 0.725. The van der Waals surface area contributed by atoms with Gasteiger partial charge in [-0.15, -0.1) is 0 Å². The normalized spacial score (nSPS) is 10.7. The maximum absolute atomic E-state index is 12.5. The fourth-order valence-electron chi connectivity index (χ4n) is 2.05. The molecule has 100 valence electrons. The fourth-order valence-corrected chi connectivity index (χ4v) is 2.55. The van der Waals surface area contributed by atoms with Crippen LogP contribution in [0.1, 0.15) is 0 Å². The van der Waals surface area contributed by atoms with Crippen molar-refractivity contribution in [2.45, 2.75) is 0 Å². The Hall–Kier alpha value is -2.14. The standard InChI is InChI=1S/C15H11BrN2O2/c1-20-11-8-6-10(7-9-11)18-15(19)13-5-3-2-4-12(13)14(16)17-18/h2-9H,1H3. The molecule has 0 aliphatic carbocycles. The minimum absolute atomic E-state index is 0.144. The maximum atomic E-state index is 12.5. The molecule has 0 N–H and O–H groups in total. The van der Waals surface area contributed by atoms with Crippen molar-refractivity contribution in [2.24, 2.45) is 0 Å². The summed E-state index contributed by atoms with van der Waals surface area (Å²) in [6.07, 6.45) is 0. The fraction of sp³-hybridized carbons (Fsp3) is 0.0667. The minimum atomic E-state index is -0.144. The number of hydrogen-bond acceptors (Lipinski definition) is 3.